The Hall–Kier alpha value is -2.44. The lowest BCUT2D eigenvalue weighted by molar-refractivity contribution is -0.143. The number of nitrogens with zero attached hydrogens (tertiary/aromatic N) is 1. The SMILES string of the molecule is Cc1cc(N2CC(C(=O)N[C@@H](C(=O)O)C(C)C)CC2=O)ccc1F. The monoisotopic (exact) mass is 336 g/mol. The molecular formula is C17H21FN2O4. The van der Waals surface area contributed by atoms with E-state index in [-0.39, 0.29) is 30.6 Å². The standard InChI is InChI=1S/C17H21FN2O4/c1-9(2)15(17(23)24)19-16(22)11-7-14(21)20(8-11)12-4-5-13(18)10(3)6-12/h4-6,9,11,15H,7-8H2,1-3H3,(H,19,22)(H,23,24)/t11?,15-/m1/s1. The minimum Gasteiger partial charge on any atom is -0.480 e. The molecule has 24 heavy (non-hydrogen) atoms. The van der Waals surface area contributed by atoms with Crippen molar-refractivity contribution >= 4 is 23.5 Å². The molecule has 1 aromatic rings. The van der Waals surface area contributed by atoms with Crippen LogP contribution in [0.15, 0.2) is 18.2 Å². The summed E-state index contributed by atoms with van der Waals surface area (Å²) < 4.78 is 13.4. The van der Waals surface area contributed by atoms with Crippen LogP contribution in [0.4, 0.5) is 10.1 Å². The molecule has 2 atom stereocenters. The second kappa shape index (κ2) is 6.98. The molecule has 1 aliphatic heterocycles. The van der Waals surface area contributed by atoms with E-state index in [9.17, 15) is 18.8 Å². The highest BCUT2D eigenvalue weighted by Gasteiger charge is 2.37. The average Bonchev–Trinajstić information content (AvgIpc) is 2.88. The van der Waals surface area contributed by atoms with Crippen molar-refractivity contribution in [3.05, 3.63) is 29.6 Å². The first-order valence-corrected chi connectivity index (χ1v) is 7.80. The number of rotatable bonds is 5. The maximum Gasteiger partial charge on any atom is 0.326 e. The predicted octanol–water partition coefficient (Wildman–Crippen LogP) is 1.71. The Morgan fingerprint density at radius 1 is 1.38 bits per heavy atom. The Morgan fingerprint density at radius 2 is 2.04 bits per heavy atom. The van der Waals surface area contributed by atoms with Gasteiger partial charge in [-0.2, -0.15) is 0 Å². The van der Waals surface area contributed by atoms with Gasteiger partial charge in [-0.25, -0.2) is 9.18 Å². The number of carboxylic acids is 1. The lowest BCUT2D eigenvalue weighted by Gasteiger charge is -2.21. The highest BCUT2D eigenvalue weighted by atomic mass is 19.1. The molecule has 2 N–H and O–H groups in total. The summed E-state index contributed by atoms with van der Waals surface area (Å²) in [5.41, 5.74) is 0.951. The van der Waals surface area contributed by atoms with Crippen molar-refractivity contribution in [2.75, 3.05) is 11.4 Å². The van der Waals surface area contributed by atoms with Crippen molar-refractivity contribution in [2.45, 2.75) is 33.2 Å². The molecule has 130 valence electrons. The Morgan fingerprint density at radius 3 is 2.58 bits per heavy atom. The molecule has 2 rings (SSSR count). The van der Waals surface area contributed by atoms with Crippen LogP contribution in [0, 0.1) is 24.6 Å². The van der Waals surface area contributed by atoms with Crippen molar-refractivity contribution in [2.24, 2.45) is 11.8 Å². The molecule has 2 amide bonds. The summed E-state index contributed by atoms with van der Waals surface area (Å²) in [6, 6.07) is 3.34. The van der Waals surface area contributed by atoms with Crippen molar-refractivity contribution in [1.29, 1.82) is 0 Å². The Labute approximate surface area is 139 Å². The number of carboxylic acid groups (broad SMARTS) is 1. The zero-order chi connectivity index (χ0) is 18.0. The third-order valence-electron chi connectivity index (χ3n) is 4.18. The Balaban J connectivity index is 2.09. The molecule has 6 nitrogen and oxygen atoms in total. The van der Waals surface area contributed by atoms with Gasteiger partial charge in [0.1, 0.15) is 11.9 Å². The molecule has 0 saturated carbocycles. The highest BCUT2D eigenvalue weighted by molar-refractivity contribution is 6.00. The highest BCUT2D eigenvalue weighted by Crippen LogP contribution is 2.27. The van der Waals surface area contributed by atoms with Gasteiger partial charge in [-0.05, 0) is 36.6 Å². The van der Waals surface area contributed by atoms with E-state index in [0.717, 1.165) is 0 Å². The van der Waals surface area contributed by atoms with Crippen LogP contribution in [-0.4, -0.2) is 35.5 Å². The number of halogens is 1. The van der Waals surface area contributed by atoms with Gasteiger partial charge in [-0.1, -0.05) is 13.8 Å². The van der Waals surface area contributed by atoms with Gasteiger partial charge >= 0.3 is 5.97 Å². The van der Waals surface area contributed by atoms with Crippen LogP contribution >= 0.6 is 0 Å². The summed E-state index contributed by atoms with van der Waals surface area (Å²) in [6.45, 7) is 5.16. The maximum absolute atomic E-state index is 13.4. The molecule has 1 fully saturated rings. The Bertz CT molecular complexity index is 675. The van der Waals surface area contributed by atoms with Crippen LogP contribution in [-0.2, 0) is 14.4 Å². The van der Waals surface area contributed by atoms with Crippen LogP contribution in [0.25, 0.3) is 0 Å². The van der Waals surface area contributed by atoms with E-state index in [1.54, 1.807) is 26.8 Å². The van der Waals surface area contributed by atoms with Crippen LogP contribution in [0.3, 0.4) is 0 Å². The summed E-state index contributed by atoms with van der Waals surface area (Å²) in [4.78, 5) is 37.1. The summed E-state index contributed by atoms with van der Waals surface area (Å²) in [7, 11) is 0. The number of benzene rings is 1. The molecule has 7 heteroatoms. The quantitative estimate of drug-likeness (QED) is 0.857. The second-order valence-corrected chi connectivity index (χ2v) is 6.41. The average molecular weight is 336 g/mol. The number of anilines is 1. The lowest BCUT2D eigenvalue weighted by Crippen LogP contribution is -2.47. The summed E-state index contributed by atoms with van der Waals surface area (Å²) in [5, 5.41) is 11.6. The number of nitrogens with one attached hydrogen (secondary N) is 1. The minimum atomic E-state index is -1.10. The van der Waals surface area contributed by atoms with E-state index < -0.39 is 23.8 Å². The van der Waals surface area contributed by atoms with Crippen molar-refractivity contribution in [1.82, 2.24) is 5.32 Å². The molecule has 0 bridgehead atoms. The van der Waals surface area contributed by atoms with Crippen LogP contribution in [0.2, 0.25) is 0 Å². The van der Waals surface area contributed by atoms with Gasteiger partial charge < -0.3 is 15.3 Å². The normalized spacial score (nSPS) is 18.8. The number of hydrogen-bond donors (Lipinski definition) is 2. The number of carbonyl (C=O) groups excluding carboxylic acids is 2. The van der Waals surface area contributed by atoms with E-state index in [4.69, 9.17) is 5.11 Å². The first-order valence-electron chi connectivity index (χ1n) is 7.80. The number of carbonyl (C=O) groups is 3. The number of hydrogen-bond acceptors (Lipinski definition) is 3. The van der Waals surface area contributed by atoms with E-state index in [1.807, 2.05) is 0 Å². The minimum absolute atomic E-state index is 0.00664. The molecule has 1 heterocycles. The van der Waals surface area contributed by atoms with Gasteiger partial charge in [0.05, 0.1) is 5.92 Å². The zero-order valence-electron chi connectivity index (χ0n) is 13.9. The van der Waals surface area contributed by atoms with Gasteiger partial charge in [0.15, 0.2) is 0 Å². The van der Waals surface area contributed by atoms with Crippen LogP contribution in [0.1, 0.15) is 25.8 Å². The Kier molecular flexibility index (Phi) is 5.21. The van der Waals surface area contributed by atoms with Gasteiger partial charge in [0.2, 0.25) is 11.8 Å². The fourth-order valence-corrected chi connectivity index (χ4v) is 2.71. The fraction of sp³-hybridized carbons (Fsp3) is 0.471. The molecule has 1 aromatic carbocycles. The molecular weight excluding hydrogens is 315 g/mol. The molecule has 1 saturated heterocycles. The molecule has 1 aliphatic rings. The van der Waals surface area contributed by atoms with E-state index >= 15 is 0 Å². The van der Waals surface area contributed by atoms with Gasteiger partial charge in [-0.15, -0.1) is 0 Å². The molecule has 0 aliphatic carbocycles. The van der Waals surface area contributed by atoms with Gasteiger partial charge in [0.25, 0.3) is 0 Å². The first-order chi connectivity index (χ1) is 11.2. The van der Waals surface area contributed by atoms with Gasteiger partial charge in [0, 0.05) is 18.7 Å². The van der Waals surface area contributed by atoms with E-state index in [2.05, 4.69) is 5.32 Å². The first kappa shape index (κ1) is 17.9. The van der Waals surface area contributed by atoms with Crippen LogP contribution in [0.5, 0.6) is 0 Å². The smallest absolute Gasteiger partial charge is 0.326 e. The fourth-order valence-electron chi connectivity index (χ4n) is 2.71. The molecule has 0 radical (unpaired) electrons. The molecule has 0 aromatic heterocycles. The van der Waals surface area contributed by atoms with Gasteiger partial charge in [-0.3, -0.25) is 9.59 Å². The van der Waals surface area contributed by atoms with E-state index in [1.165, 1.54) is 17.0 Å². The van der Waals surface area contributed by atoms with E-state index in [0.29, 0.717) is 11.3 Å². The van der Waals surface area contributed by atoms with Crippen molar-refractivity contribution in [3.63, 3.8) is 0 Å². The van der Waals surface area contributed by atoms with Crippen LogP contribution < -0.4 is 10.2 Å². The van der Waals surface area contributed by atoms with Crippen molar-refractivity contribution < 1.29 is 23.9 Å². The van der Waals surface area contributed by atoms with Crippen molar-refractivity contribution in [3.8, 4) is 0 Å². The summed E-state index contributed by atoms with van der Waals surface area (Å²) in [5.74, 6) is -3.04. The number of amides is 2. The zero-order valence-corrected chi connectivity index (χ0v) is 13.9. The largest absolute Gasteiger partial charge is 0.480 e. The third-order valence-corrected chi connectivity index (χ3v) is 4.18. The maximum atomic E-state index is 13.4. The molecule has 1 unspecified atom stereocenters. The summed E-state index contributed by atoms with van der Waals surface area (Å²) in [6.07, 6.45) is 0.00664. The molecule has 0 spiro atoms. The summed E-state index contributed by atoms with van der Waals surface area (Å²) >= 11 is 0. The second-order valence-electron chi connectivity index (χ2n) is 6.41. The lowest BCUT2D eigenvalue weighted by atomic mass is 10.0. The topological polar surface area (TPSA) is 86.7 Å². The predicted molar refractivity (Wildman–Crippen MR) is 86.0 cm³/mol. The third kappa shape index (κ3) is 3.72. The number of aryl methyl sites for hydroxylation is 1. The number of aliphatic carboxylic acids is 1.